The Labute approximate surface area is 97.4 Å². The van der Waals surface area contributed by atoms with E-state index >= 15 is 0 Å². The Balaban J connectivity index is 1.97. The van der Waals surface area contributed by atoms with Gasteiger partial charge < -0.3 is 10.4 Å². The van der Waals surface area contributed by atoms with Crippen LogP contribution in [0, 0.1) is 0 Å². The van der Waals surface area contributed by atoms with Crippen LogP contribution in [0.5, 0.6) is 5.75 Å². The van der Waals surface area contributed by atoms with Crippen molar-refractivity contribution in [3.8, 4) is 5.75 Å². The first-order valence-electron chi connectivity index (χ1n) is 4.84. The van der Waals surface area contributed by atoms with E-state index in [-0.39, 0.29) is 11.7 Å². The van der Waals surface area contributed by atoms with E-state index in [1.54, 1.807) is 29.5 Å². The number of carbonyl (C=O) groups is 1. The minimum absolute atomic E-state index is 0.0796. The zero-order valence-corrected chi connectivity index (χ0v) is 9.33. The summed E-state index contributed by atoms with van der Waals surface area (Å²) in [6.07, 6.45) is 0.360. The SMILES string of the molecule is O=C(Cc1ccsc1)Nc1cccc(O)c1. The molecule has 0 saturated carbocycles. The summed E-state index contributed by atoms with van der Waals surface area (Å²) < 4.78 is 0. The Hall–Kier alpha value is -1.81. The Kier molecular flexibility index (Phi) is 3.22. The average molecular weight is 233 g/mol. The number of anilines is 1. The minimum Gasteiger partial charge on any atom is -0.508 e. The van der Waals surface area contributed by atoms with Gasteiger partial charge in [0.25, 0.3) is 0 Å². The molecule has 1 aromatic heterocycles. The number of carbonyl (C=O) groups excluding carboxylic acids is 1. The molecular formula is C12H11NO2S. The van der Waals surface area contributed by atoms with Crippen molar-refractivity contribution in [2.24, 2.45) is 0 Å². The van der Waals surface area contributed by atoms with E-state index in [2.05, 4.69) is 5.32 Å². The number of rotatable bonds is 3. The van der Waals surface area contributed by atoms with E-state index in [9.17, 15) is 9.90 Å². The maximum Gasteiger partial charge on any atom is 0.228 e. The molecule has 0 unspecified atom stereocenters. The van der Waals surface area contributed by atoms with Crippen molar-refractivity contribution < 1.29 is 9.90 Å². The molecular weight excluding hydrogens is 222 g/mol. The van der Waals surface area contributed by atoms with Gasteiger partial charge in [-0.05, 0) is 34.5 Å². The van der Waals surface area contributed by atoms with Gasteiger partial charge in [0, 0.05) is 11.8 Å². The number of nitrogens with one attached hydrogen (secondary N) is 1. The third-order valence-electron chi connectivity index (χ3n) is 2.07. The van der Waals surface area contributed by atoms with E-state index in [1.165, 1.54) is 6.07 Å². The van der Waals surface area contributed by atoms with Gasteiger partial charge in [-0.3, -0.25) is 4.79 Å². The van der Waals surface area contributed by atoms with Crippen LogP contribution in [0.4, 0.5) is 5.69 Å². The molecule has 0 aliphatic heterocycles. The number of amides is 1. The van der Waals surface area contributed by atoms with Crippen LogP contribution in [0.15, 0.2) is 41.1 Å². The summed E-state index contributed by atoms with van der Waals surface area (Å²) in [4.78, 5) is 11.6. The van der Waals surface area contributed by atoms with Crippen molar-refractivity contribution >= 4 is 22.9 Å². The van der Waals surface area contributed by atoms with Crippen LogP contribution < -0.4 is 5.32 Å². The molecule has 16 heavy (non-hydrogen) atoms. The summed E-state index contributed by atoms with van der Waals surface area (Å²) in [5.41, 5.74) is 1.61. The van der Waals surface area contributed by atoms with Gasteiger partial charge in [0.15, 0.2) is 0 Å². The molecule has 82 valence electrons. The van der Waals surface area contributed by atoms with Gasteiger partial charge in [0.1, 0.15) is 5.75 Å². The Morgan fingerprint density at radius 3 is 2.94 bits per heavy atom. The second kappa shape index (κ2) is 4.81. The third kappa shape index (κ3) is 2.84. The van der Waals surface area contributed by atoms with Gasteiger partial charge >= 0.3 is 0 Å². The number of benzene rings is 1. The van der Waals surface area contributed by atoms with E-state index in [1.807, 2.05) is 16.8 Å². The fourth-order valence-electron chi connectivity index (χ4n) is 1.37. The molecule has 2 aromatic rings. The number of hydrogen-bond acceptors (Lipinski definition) is 3. The van der Waals surface area contributed by atoms with Gasteiger partial charge in [0.2, 0.25) is 5.91 Å². The summed E-state index contributed by atoms with van der Waals surface area (Å²) >= 11 is 1.57. The van der Waals surface area contributed by atoms with Gasteiger partial charge in [-0.25, -0.2) is 0 Å². The topological polar surface area (TPSA) is 49.3 Å². The fourth-order valence-corrected chi connectivity index (χ4v) is 2.04. The summed E-state index contributed by atoms with van der Waals surface area (Å²) in [6.45, 7) is 0. The summed E-state index contributed by atoms with van der Waals surface area (Å²) in [5, 5.41) is 15.8. The average Bonchev–Trinajstić information content (AvgIpc) is 2.70. The second-order valence-corrected chi connectivity index (χ2v) is 4.19. The van der Waals surface area contributed by atoms with Crippen LogP contribution in [-0.4, -0.2) is 11.0 Å². The first-order chi connectivity index (χ1) is 7.74. The predicted octanol–water partition coefficient (Wildman–Crippen LogP) is 2.63. The zero-order valence-electron chi connectivity index (χ0n) is 8.51. The van der Waals surface area contributed by atoms with Crippen LogP contribution in [-0.2, 0) is 11.2 Å². The highest BCUT2D eigenvalue weighted by atomic mass is 32.1. The molecule has 2 N–H and O–H groups in total. The fraction of sp³-hybridized carbons (Fsp3) is 0.0833. The lowest BCUT2D eigenvalue weighted by Crippen LogP contribution is -2.13. The maximum atomic E-state index is 11.6. The quantitative estimate of drug-likeness (QED) is 0.856. The van der Waals surface area contributed by atoms with Crippen LogP contribution in [0.1, 0.15) is 5.56 Å². The van der Waals surface area contributed by atoms with Crippen LogP contribution in [0.3, 0.4) is 0 Å². The van der Waals surface area contributed by atoms with Gasteiger partial charge in [0.05, 0.1) is 6.42 Å². The van der Waals surface area contributed by atoms with Crippen LogP contribution in [0.2, 0.25) is 0 Å². The largest absolute Gasteiger partial charge is 0.508 e. The number of hydrogen-bond donors (Lipinski definition) is 2. The molecule has 1 aromatic carbocycles. The van der Waals surface area contributed by atoms with E-state index in [0.717, 1.165) is 5.56 Å². The second-order valence-electron chi connectivity index (χ2n) is 3.41. The van der Waals surface area contributed by atoms with Crippen LogP contribution in [0.25, 0.3) is 0 Å². The minimum atomic E-state index is -0.0796. The maximum absolute atomic E-state index is 11.6. The lowest BCUT2D eigenvalue weighted by molar-refractivity contribution is -0.115. The zero-order chi connectivity index (χ0) is 11.4. The van der Waals surface area contributed by atoms with Crippen molar-refractivity contribution in [1.82, 2.24) is 0 Å². The van der Waals surface area contributed by atoms with Crippen molar-refractivity contribution in [1.29, 1.82) is 0 Å². The van der Waals surface area contributed by atoms with E-state index in [4.69, 9.17) is 0 Å². The number of phenolic OH excluding ortho intramolecular Hbond substituents is 1. The molecule has 3 nitrogen and oxygen atoms in total. The van der Waals surface area contributed by atoms with Crippen LogP contribution >= 0.6 is 11.3 Å². The van der Waals surface area contributed by atoms with Crippen molar-refractivity contribution in [2.75, 3.05) is 5.32 Å². The lowest BCUT2D eigenvalue weighted by Gasteiger charge is -2.04. The van der Waals surface area contributed by atoms with Gasteiger partial charge in [-0.2, -0.15) is 11.3 Å². The molecule has 0 spiro atoms. The highest BCUT2D eigenvalue weighted by Crippen LogP contribution is 2.16. The van der Waals surface area contributed by atoms with Crippen molar-refractivity contribution in [3.63, 3.8) is 0 Å². The Morgan fingerprint density at radius 1 is 1.38 bits per heavy atom. The number of phenols is 1. The van der Waals surface area contributed by atoms with Gasteiger partial charge in [-0.15, -0.1) is 0 Å². The predicted molar refractivity (Wildman–Crippen MR) is 64.8 cm³/mol. The molecule has 0 atom stereocenters. The first kappa shape index (κ1) is 10.7. The van der Waals surface area contributed by atoms with Crippen molar-refractivity contribution in [2.45, 2.75) is 6.42 Å². The molecule has 0 saturated heterocycles. The standard InChI is InChI=1S/C12H11NO2S/c14-11-3-1-2-10(7-11)13-12(15)6-9-4-5-16-8-9/h1-5,7-8,14H,6H2,(H,13,15). The van der Waals surface area contributed by atoms with E-state index < -0.39 is 0 Å². The Morgan fingerprint density at radius 2 is 2.25 bits per heavy atom. The third-order valence-corrected chi connectivity index (χ3v) is 2.81. The first-order valence-corrected chi connectivity index (χ1v) is 5.78. The molecule has 2 rings (SSSR count). The highest BCUT2D eigenvalue weighted by Gasteiger charge is 2.04. The molecule has 1 heterocycles. The number of aromatic hydroxyl groups is 1. The highest BCUT2D eigenvalue weighted by molar-refractivity contribution is 7.08. The molecule has 4 heteroatoms. The molecule has 0 radical (unpaired) electrons. The number of thiophene rings is 1. The molecule has 0 aliphatic rings. The smallest absolute Gasteiger partial charge is 0.228 e. The lowest BCUT2D eigenvalue weighted by atomic mass is 10.2. The van der Waals surface area contributed by atoms with Crippen molar-refractivity contribution in [3.05, 3.63) is 46.7 Å². The van der Waals surface area contributed by atoms with Gasteiger partial charge in [-0.1, -0.05) is 6.07 Å². The normalized spacial score (nSPS) is 10.0. The summed E-state index contributed by atoms with van der Waals surface area (Å²) in [7, 11) is 0. The summed E-state index contributed by atoms with van der Waals surface area (Å²) in [5.74, 6) is 0.0670. The molecule has 1 amide bonds. The molecule has 0 fully saturated rings. The Bertz CT molecular complexity index is 480. The molecule has 0 aliphatic carbocycles. The van der Waals surface area contributed by atoms with E-state index in [0.29, 0.717) is 12.1 Å². The summed E-state index contributed by atoms with van der Waals surface area (Å²) in [6, 6.07) is 8.44. The molecule has 0 bridgehead atoms. The monoisotopic (exact) mass is 233 g/mol.